The third kappa shape index (κ3) is 2.84. The highest BCUT2D eigenvalue weighted by Gasteiger charge is 2.11. The van der Waals surface area contributed by atoms with E-state index in [4.69, 9.17) is 5.11 Å². The summed E-state index contributed by atoms with van der Waals surface area (Å²) < 4.78 is 13.4. The summed E-state index contributed by atoms with van der Waals surface area (Å²) in [5.74, 6) is -1.51. The van der Waals surface area contributed by atoms with Crippen LogP contribution in [0.5, 0.6) is 0 Å². The number of aromatic carboxylic acids is 1. The van der Waals surface area contributed by atoms with E-state index in [0.29, 0.717) is 10.6 Å². The standard InChI is InChI=1S/C12H9FN2O2S/c1-7-6-9(11(16)17)15-12(14-7)18-10-5-3-2-4-8(10)13/h2-6H,1H3,(H,16,17). The first-order chi connectivity index (χ1) is 8.56. The molecule has 2 aromatic rings. The minimum atomic E-state index is -1.13. The van der Waals surface area contributed by atoms with Gasteiger partial charge in [0.2, 0.25) is 0 Å². The maximum atomic E-state index is 13.4. The van der Waals surface area contributed by atoms with Crippen LogP contribution in [0, 0.1) is 12.7 Å². The lowest BCUT2D eigenvalue weighted by molar-refractivity contribution is 0.0689. The molecule has 2 rings (SSSR count). The average Bonchev–Trinajstić information content (AvgIpc) is 2.31. The lowest BCUT2D eigenvalue weighted by Crippen LogP contribution is -2.03. The van der Waals surface area contributed by atoms with Gasteiger partial charge in [-0.05, 0) is 36.9 Å². The number of carboxylic acid groups (broad SMARTS) is 1. The number of aromatic nitrogens is 2. The largest absolute Gasteiger partial charge is 0.477 e. The molecule has 92 valence electrons. The third-order valence-corrected chi connectivity index (χ3v) is 3.01. The van der Waals surface area contributed by atoms with E-state index in [1.165, 1.54) is 12.1 Å². The summed E-state index contributed by atoms with van der Waals surface area (Å²) in [5, 5.41) is 9.10. The van der Waals surface area contributed by atoms with Gasteiger partial charge in [0.15, 0.2) is 10.9 Å². The van der Waals surface area contributed by atoms with Crippen LogP contribution < -0.4 is 0 Å². The molecule has 0 fully saturated rings. The minimum absolute atomic E-state index is 0.0960. The molecule has 0 aliphatic carbocycles. The van der Waals surface area contributed by atoms with E-state index in [0.717, 1.165) is 11.8 Å². The van der Waals surface area contributed by atoms with Crippen LogP contribution in [0.2, 0.25) is 0 Å². The Balaban J connectivity index is 2.35. The summed E-state index contributed by atoms with van der Waals surface area (Å²) >= 11 is 0.999. The van der Waals surface area contributed by atoms with Gasteiger partial charge in [-0.1, -0.05) is 12.1 Å². The van der Waals surface area contributed by atoms with E-state index < -0.39 is 5.97 Å². The van der Waals surface area contributed by atoms with Gasteiger partial charge in [-0.2, -0.15) is 0 Å². The van der Waals surface area contributed by atoms with Gasteiger partial charge < -0.3 is 5.11 Å². The zero-order valence-electron chi connectivity index (χ0n) is 9.42. The molecular formula is C12H9FN2O2S. The fourth-order valence-corrected chi connectivity index (χ4v) is 2.16. The monoisotopic (exact) mass is 264 g/mol. The van der Waals surface area contributed by atoms with E-state index in [2.05, 4.69) is 9.97 Å². The van der Waals surface area contributed by atoms with Crippen molar-refractivity contribution >= 4 is 17.7 Å². The summed E-state index contributed by atoms with van der Waals surface area (Å²) in [6, 6.07) is 7.56. The SMILES string of the molecule is Cc1cc(C(=O)O)nc(Sc2ccccc2F)n1. The molecule has 0 radical (unpaired) electrons. The Bertz CT molecular complexity index is 604. The van der Waals surface area contributed by atoms with E-state index in [9.17, 15) is 9.18 Å². The number of carbonyl (C=O) groups is 1. The molecule has 0 atom stereocenters. The number of carboxylic acids is 1. The van der Waals surface area contributed by atoms with E-state index in [1.54, 1.807) is 25.1 Å². The maximum absolute atomic E-state index is 13.4. The van der Waals surface area contributed by atoms with Gasteiger partial charge in [0, 0.05) is 5.69 Å². The highest BCUT2D eigenvalue weighted by molar-refractivity contribution is 7.99. The van der Waals surface area contributed by atoms with Crippen LogP contribution >= 0.6 is 11.8 Å². The van der Waals surface area contributed by atoms with Crippen molar-refractivity contribution in [1.82, 2.24) is 9.97 Å². The first-order valence-corrected chi connectivity index (χ1v) is 5.89. The van der Waals surface area contributed by atoms with Crippen molar-refractivity contribution in [2.24, 2.45) is 0 Å². The number of aryl methyl sites for hydroxylation is 1. The Morgan fingerprint density at radius 2 is 2.06 bits per heavy atom. The number of halogens is 1. The van der Waals surface area contributed by atoms with Crippen molar-refractivity contribution in [2.45, 2.75) is 17.0 Å². The predicted octanol–water partition coefficient (Wildman–Crippen LogP) is 2.77. The molecule has 4 nitrogen and oxygen atoms in total. The van der Waals surface area contributed by atoms with Crippen molar-refractivity contribution in [3.63, 3.8) is 0 Å². The highest BCUT2D eigenvalue weighted by atomic mass is 32.2. The van der Waals surface area contributed by atoms with Crippen molar-refractivity contribution < 1.29 is 14.3 Å². The molecular weight excluding hydrogens is 255 g/mol. The van der Waals surface area contributed by atoms with Crippen LogP contribution in [-0.4, -0.2) is 21.0 Å². The van der Waals surface area contributed by atoms with Gasteiger partial charge in [0.25, 0.3) is 0 Å². The smallest absolute Gasteiger partial charge is 0.354 e. The van der Waals surface area contributed by atoms with Crippen molar-refractivity contribution in [3.8, 4) is 0 Å². The quantitative estimate of drug-likeness (QED) is 0.864. The first-order valence-electron chi connectivity index (χ1n) is 5.07. The van der Waals surface area contributed by atoms with Crippen LogP contribution in [0.3, 0.4) is 0 Å². The Morgan fingerprint density at radius 3 is 2.72 bits per heavy atom. The maximum Gasteiger partial charge on any atom is 0.354 e. The molecule has 0 saturated carbocycles. The Kier molecular flexibility index (Phi) is 3.57. The van der Waals surface area contributed by atoms with E-state index >= 15 is 0 Å². The second-order valence-corrected chi connectivity index (χ2v) is 4.52. The molecule has 1 aromatic heterocycles. The first kappa shape index (κ1) is 12.5. The molecule has 0 unspecified atom stereocenters. The predicted molar refractivity (Wildman–Crippen MR) is 64.3 cm³/mol. The zero-order chi connectivity index (χ0) is 13.1. The van der Waals surface area contributed by atoms with Gasteiger partial charge in [-0.15, -0.1) is 0 Å². The zero-order valence-corrected chi connectivity index (χ0v) is 10.2. The number of nitrogens with zero attached hydrogens (tertiary/aromatic N) is 2. The summed E-state index contributed by atoms with van der Waals surface area (Å²) in [7, 11) is 0. The van der Waals surface area contributed by atoms with E-state index in [1.807, 2.05) is 0 Å². The van der Waals surface area contributed by atoms with Crippen molar-refractivity contribution in [2.75, 3.05) is 0 Å². The number of hydrogen-bond acceptors (Lipinski definition) is 4. The molecule has 1 N–H and O–H groups in total. The van der Waals surface area contributed by atoms with E-state index in [-0.39, 0.29) is 16.7 Å². The molecule has 0 amide bonds. The molecule has 6 heteroatoms. The lowest BCUT2D eigenvalue weighted by Gasteiger charge is -2.03. The molecule has 0 aliphatic rings. The Labute approximate surface area is 107 Å². The fraction of sp³-hybridized carbons (Fsp3) is 0.0833. The van der Waals surface area contributed by atoms with Gasteiger partial charge in [-0.25, -0.2) is 19.2 Å². The molecule has 0 bridgehead atoms. The second-order valence-electron chi connectivity index (χ2n) is 3.51. The lowest BCUT2D eigenvalue weighted by atomic mass is 10.3. The summed E-state index contributed by atoms with van der Waals surface area (Å²) in [6.07, 6.45) is 0. The molecule has 1 aromatic carbocycles. The second kappa shape index (κ2) is 5.14. The summed E-state index contributed by atoms with van der Waals surface area (Å²) in [6.45, 7) is 1.67. The van der Waals surface area contributed by atoms with Crippen LogP contribution in [0.25, 0.3) is 0 Å². The van der Waals surface area contributed by atoms with Crippen LogP contribution in [0.1, 0.15) is 16.2 Å². The number of benzene rings is 1. The molecule has 0 spiro atoms. The van der Waals surface area contributed by atoms with Crippen LogP contribution in [0.4, 0.5) is 4.39 Å². The number of hydrogen-bond donors (Lipinski definition) is 1. The molecule has 0 aliphatic heterocycles. The average molecular weight is 264 g/mol. The van der Waals surface area contributed by atoms with Gasteiger partial charge >= 0.3 is 5.97 Å². The molecule has 1 heterocycles. The third-order valence-electron chi connectivity index (χ3n) is 2.09. The fourth-order valence-electron chi connectivity index (χ4n) is 1.32. The Morgan fingerprint density at radius 1 is 1.33 bits per heavy atom. The molecule has 0 saturated heterocycles. The van der Waals surface area contributed by atoms with Gasteiger partial charge in [0.05, 0.1) is 4.90 Å². The van der Waals surface area contributed by atoms with Crippen LogP contribution in [0.15, 0.2) is 40.4 Å². The van der Waals surface area contributed by atoms with Gasteiger partial charge in [0.1, 0.15) is 5.82 Å². The molecule has 18 heavy (non-hydrogen) atoms. The van der Waals surface area contributed by atoms with Crippen molar-refractivity contribution in [3.05, 3.63) is 47.5 Å². The van der Waals surface area contributed by atoms with Crippen molar-refractivity contribution in [1.29, 1.82) is 0 Å². The normalized spacial score (nSPS) is 10.3. The highest BCUT2D eigenvalue weighted by Crippen LogP contribution is 2.27. The topological polar surface area (TPSA) is 63.1 Å². The Hall–Kier alpha value is -1.95. The van der Waals surface area contributed by atoms with Gasteiger partial charge in [-0.3, -0.25) is 0 Å². The number of rotatable bonds is 3. The summed E-state index contributed by atoms with van der Waals surface area (Å²) in [4.78, 5) is 19.1. The van der Waals surface area contributed by atoms with Crippen LogP contribution in [-0.2, 0) is 0 Å². The summed E-state index contributed by atoms with van der Waals surface area (Å²) in [5.41, 5.74) is 0.433. The minimum Gasteiger partial charge on any atom is -0.477 e.